The minimum atomic E-state index is -1.04. The number of rotatable bonds is 7. The molecule has 36 heavy (non-hydrogen) atoms. The maximum absolute atomic E-state index is 13.0. The van der Waals surface area contributed by atoms with Crippen LogP contribution in [0.2, 0.25) is 0 Å². The first-order valence-corrected chi connectivity index (χ1v) is 11.3. The van der Waals surface area contributed by atoms with Crippen molar-refractivity contribution in [2.45, 2.75) is 19.4 Å². The first kappa shape index (κ1) is 24.3. The SMILES string of the molecule is Cc1ccc(C(=O)NNC(=O)[C@H](Cc2ccc(O)cc2)NC(=O)c2ccc(-c3ccccc3)o2)cc1. The normalized spacial score (nSPS) is 11.4. The zero-order valence-corrected chi connectivity index (χ0v) is 19.5. The Bertz CT molecular complexity index is 1350. The first-order chi connectivity index (χ1) is 17.4. The molecule has 0 unspecified atom stereocenters. The standard InChI is InChI=1S/C28H25N3O5/c1-18-7-11-21(12-8-18)26(33)30-31-27(34)23(17-19-9-13-22(32)14-10-19)29-28(35)25-16-15-24(36-25)20-5-3-2-4-6-20/h2-16,23,32H,17H2,1H3,(H,29,35)(H,30,33)(H,31,34)/t23-/m0/s1. The Morgan fingerprint density at radius 1 is 0.806 bits per heavy atom. The summed E-state index contributed by atoms with van der Waals surface area (Å²) in [6.45, 7) is 1.90. The zero-order valence-electron chi connectivity index (χ0n) is 19.5. The molecular formula is C28H25N3O5. The molecule has 1 heterocycles. The molecule has 0 aliphatic rings. The second-order valence-corrected chi connectivity index (χ2v) is 8.24. The summed E-state index contributed by atoms with van der Waals surface area (Å²) in [5.74, 6) is -1.05. The molecule has 0 aliphatic carbocycles. The van der Waals surface area contributed by atoms with E-state index in [1.54, 1.807) is 42.5 Å². The highest BCUT2D eigenvalue weighted by atomic mass is 16.4. The van der Waals surface area contributed by atoms with Crippen molar-refractivity contribution in [3.63, 3.8) is 0 Å². The van der Waals surface area contributed by atoms with Crippen molar-refractivity contribution in [1.29, 1.82) is 0 Å². The molecule has 4 N–H and O–H groups in total. The molecule has 0 saturated heterocycles. The number of furan rings is 1. The van der Waals surface area contributed by atoms with Crippen molar-refractivity contribution >= 4 is 17.7 Å². The molecule has 4 rings (SSSR count). The molecule has 3 amide bonds. The average Bonchev–Trinajstić information content (AvgIpc) is 3.39. The summed E-state index contributed by atoms with van der Waals surface area (Å²) >= 11 is 0. The molecule has 0 radical (unpaired) electrons. The fraction of sp³-hybridized carbons (Fsp3) is 0.107. The van der Waals surface area contributed by atoms with Gasteiger partial charge in [-0.25, -0.2) is 0 Å². The van der Waals surface area contributed by atoms with Crippen molar-refractivity contribution in [3.8, 4) is 17.1 Å². The number of amides is 3. The van der Waals surface area contributed by atoms with Gasteiger partial charge >= 0.3 is 0 Å². The van der Waals surface area contributed by atoms with Crippen molar-refractivity contribution in [2.24, 2.45) is 0 Å². The fourth-order valence-electron chi connectivity index (χ4n) is 3.51. The highest BCUT2D eigenvalue weighted by molar-refractivity contribution is 5.98. The lowest BCUT2D eigenvalue weighted by atomic mass is 10.0. The van der Waals surface area contributed by atoms with Crippen LogP contribution in [0, 0.1) is 6.92 Å². The number of aromatic hydroxyl groups is 1. The van der Waals surface area contributed by atoms with Crippen LogP contribution >= 0.6 is 0 Å². The molecule has 0 aliphatic heterocycles. The zero-order chi connectivity index (χ0) is 25.5. The van der Waals surface area contributed by atoms with Crippen LogP contribution in [-0.2, 0) is 11.2 Å². The van der Waals surface area contributed by atoms with Crippen LogP contribution in [0.5, 0.6) is 5.75 Å². The van der Waals surface area contributed by atoms with Crippen molar-refractivity contribution in [1.82, 2.24) is 16.2 Å². The summed E-state index contributed by atoms with van der Waals surface area (Å²) in [7, 11) is 0. The van der Waals surface area contributed by atoms with E-state index in [1.165, 1.54) is 18.2 Å². The minimum absolute atomic E-state index is 0.0426. The number of phenolic OH excluding ortho intramolecular Hbond substituents is 1. The molecule has 0 bridgehead atoms. The number of benzene rings is 3. The Morgan fingerprint density at radius 3 is 2.19 bits per heavy atom. The Balaban J connectivity index is 1.47. The van der Waals surface area contributed by atoms with E-state index in [4.69, 9.17) is 4.42 Å². The highest BCUT2D eigenvalue weighted by Crippen LogP contribution is 2.22. The van der Waals surface area contributed by atoms with Crippen LogP contribution in [-0.4, -0.2) is 28.9 Å². The predicted octanol–water partition coefficient (Wildman–Crippen LogP) is 3.76. The number of phenols is 1. The summed E-state index contributed by atoms with van der Waals surface area (Å²) < 4.78 is 5.70. The van der Waals surface area contributed by atoms with E-state index in [1.807, 2.05) is 37.3 Å². The van der Waals surface area contributed by atoms with Crippen molar-refractivity contribution in [3.05, 3.63) is 113 Å². The molecule has 8 heteroatoms. The van der Waals surface area contributed by atoms with E-state index >= 15 is 0 Å². The smallest absolute Gasteiger partial charge is 0.287 e. The number of hydrazine groups is 1. The minimum Gasteiger partial charge on any atom is -0.508 e. The average molecular weight is 484 g/mol. The van der Waals surface area contributed by atoms with Gasteiger partial charge in [0.05, 0.1) is 0 Å². The summed E-state index contributed by atoms with van der Waals surface area (Å²) in [6.07, 6.45) is 0.116. The fourth-order valence-corrected chi connectivity index (χ4v) is 3.51. The summed E-state index contributed by atoms with van der Waals surface area (Å²) in [5.41, 5.74) is 7.65. The molecule has 1 aromatic heterocycles. The van der Waals surface area contributed by atoms with E-state index in [0.29, 0.717) is 16.9 Å². The van der Waals surface area contributed by atoms with Gasteiger partial charge in [0.2, 0.25) is 0 Å². The third kappa shape index (κ3) is 6.18. The highest BCUT2D eigenvalue weighted by Gasteiger charge is 2.24. The van der Waals surface area contributed by atoms with Gasteiger partial charge in [-0.05, 0) is 48.9 Å². The number of hydrogen-bond donors (Lipinski definition) is 4. The van der Waals surface area contributed by atoms with E-state index in [0.717, 1.165) is 11.1 Å². The number of nitrogens with one attached hydrogen (secondary N) is 3. The third-order valence-corrected chi connectivity index (χ3v) is 5.50. The second-order valence-electron chi connectivity index (χ2n) is 8.24. The second kappa shape index (κ2) is 11.1. The van der Waals surface area contributed by atoms with Crippen LogP contribution in [0.1, 0.15) is 32.0 Å². The van der Waals surface area contributed by atoms with E-state index < -0.39 is 23.8 Å². The van der Waals surface area contributed by atoms with Gasteiger partial charge < -0.3 is 14.8 Å². The molecular weight excluding hydrogens is 458 g/mol. The number of aryl methyl sites for hydroxylation is 1. The van der Waals surface area contributed by atoms with Gasteiger partial charge in [0.1, 0.15) is 17.6 Å². The maximum Gasteiger partial charge on any atom is 0.287 e. The Kier molecular flexibility index (Phi) is 7.45. The van der Waals surface area contributed by atoms with Crippen molar-refractivity contribution in [2.75, 3.05) is 0 Å². The van der Waals surface area contributed by atoms with E-state index in [2.05, 4.69) is 16.2 Å². The van der Waals surface area contributed by atoms with Gasteiger partial charge in [0.25, 0.3) is 17.7 Å². The molecule has 4 aromatic rings. The van der Waals surface area contributed by atoms with Gasteiger partial charge in [-0.15, -0.1) is 0 Å². The van der Waals surface area contributed by atoms with Gasteiger partial charge in [-0.2, -0.15) is 0 Å². The lowest BCUT2D eigenvalue weighted by Gasteiger charge is -2.18. The lowest BCUT2D eigenvalue weighted by Crippen LogP contribution is -2.53. The van der Waals surface area contributed by atoms with Gasteiger partial charge in [0.15, 0.2) is 5.76 Å². The predicted molar refractivity (Wildman–Crippen MR) is 134 cm³/mol. The van der Waals surface area contributed by atoms with Crippen LogP contribution < -0.4 is 16.2 Å². The summed E-state index contributed by atoms with van der Waals surface area (Å²) in [5, 5.41) is 12.2. The molecule has 0 spiro atoms. The maximum atomic E-state index is 13.0. The quantitative estimate of drug-likeness (QED) is 0.298. The van der Waals surface area contributed by atoms with Crippen LogP contribution in [0.25, 0.3) is 11.3 Å². The Labute approximate surface area is 207 Å². The summed E-state index contributed by atoms with van der Waals surface area (Å²) in [6, 6.07) is 24.6. The topological polar surface area (TPSA) is 121 Å². The Morgan fingerprint density at radius 2 is 1.50 bits per heavy atom. The van der Waals surface area contributed by atoms with Crippen LogP contribution in [0.15, 0.2) is 95.4 Å². The number of hydrogen-bond acceptors (Lipinski definition) is 5. The largest absolute Gasteiger partial charge is 0.508 e. The molecule has 1 atom stereocenters. The molecule has 3 aromatic carbocycles. The first-order valence-electron chi connectivity index (χ1n) is 11.3. The van der Waals surface area contributed by atoms with Gasteiger partial charge in [-0.1, -0.05) is 60.2 Å². The number of carbonyl (C=O) groups excluding carboxylic acids is 3. The van der Waals surface area contributed by atoms with E-state index in [9.17, 15) is 19.5 Å². The van der Waals surface area contributed by atoms with E-state index in [-0.39, 0.29) is 17.9 Å². The number of carbonyl (C=O) groups is 3. The lowest BCUT2D eigenvalue weighted by molar-refractivity contribution is -0.123. The monoisotopic (exact) mass is 483 g/mol. The molecule has 8 nitrogen and oxygen atoms in total. The molecule has 0 fully saturated rings. The van der Waals surface area contributed by atoms with Gasteiger partial charge in [-0.3, -0.25) is 25.2 Å². The van der Waals surface area contributed by atoms with Crippen molar-refractivity contribution < 1.29 is 23.9 Å². The molecule has 0 saturated carbocycles. The molecule has 182 valence electrons. The van der Waals surface area contributed by atoms with Gasteiger partial charge in [0, 0.05) is 17.5 Å². The third-order valence-electron chi connectivity index (χ3n) is 5.50. The summed E-state index contributed by atoms with van der Waals surface area (Å²) in [4.78, 5) is 38.3. The van der Waals surface area contributed by atoms with Crippen LogP contribution in [0.4, 0.5) is 0 Å². The Hall–Kier alpha value is -4.85. The van der Waals surface area contributed by atoms with Crippen LogP contribution in [0.3, 0.4) is 0 Å².